The minimum absolute atomic E-state index is 0.0335. The van der Waals surface area contributed by atoms with Crippen LogP contribution in [0.15, 0.2) is 41.4 Å². The third-order valence-electron chi connectivity index (χ3n) is 2.73. The van der Waals surface area contributed by atoms with Crippen LogP contribution in [0.25, 0.3) is 0 Å². The van der Waals surface area contributed by atoms with Crippen molar-refractivity contribution in [2.24, 2.45) is 0 Å². The van der Waals surface area contributed by atoms with Gasteiger partial charge in [-0.3, -0.25) is 4.72 Å². The summed E-state index contributed by atoms with van der Waals surface area (Å²) in [5.74, 6) is -0.164. The molecule has 0 aliphatic heterocycles. The number of anilines is 2. The Bertz CT molecular complexity index is 732. The van der Waals surface area contributed by atoms with E-state index in [9.17, 15) is 12.8 Å². The molecule has 0 saturated carbocycles. The van der Waals surface area contributed by atoms with Crippen molar-refractivity contribution >= 4 is 21.5 Å². The second kappa shape index (κ2) is 5.46. The van der Waals surface area contributed by atoms with Gasteiger partial charge in [-0.1, -0.05) is 0 Å². The maximum absolute atomic E-state index is 13.0. The molecule has 5 nitrogen and oxygen atoms in total. The van der Waals surface area contributed by atoms with Gasteiger partial charge in [-0.05, 0) is 42.8 Å². The molecule has 0 atom stereocenters. The number of halogens is 1. The summed E-state index contributed by atoms with van der Waals surface area (Å²) in [4.78, 5) is 3.98. The summed E-state index contributed by atoms with van der Waals surface area (Å²) in [7, 11) is -2.20. The first-order valence-corrected chi connectivity index (χ1v) is 7.34. The van der Waals surface area contributed by atoms with Gasteiger partial charge in [0.15, 0.2) is 0 Å². The van der Waals surface area contributed by atoms with Gasteiger partial charge in [-0.25, -0.2) is 17.8 Å². The minimum Gasteiger partial charge on any atom is -0.372 e. The van der Waals surface area contributed by atoms with Gasteiger partial charge in [0.1, 0.15) is 16.5 Å². The maximum atomic E-state index is 13.0. The Morgan fingerprint density at radius 2 is 2.00 bits per heavy atom. The molecule has 0 saturated heterocycles. The highest BCUT2D eigenvalue weighted by atomic mass is 32.2. The van der Waals surface area contributed by atoms with Crippen LogP contribution in [0.5, 0.6) is 0 Å². The highest BCUT2D eigenvalue weighted by molar-refractivity contribution is 7.92. The fourth-order valence-electron chi connectivity index (χ4n) is 1.74. The summed E-state index contributed by atoms with van der Waals surface area (Å²) < 4.78 is 40.1. The van der Waals surface area contributed by atoms with Gasteiger partial charge in [-0.2, -0.15) is 0 Å². The van der Waals surface area contributed by atoms with Crippen LogP contribution in [0, 0.1) is 12.7 Å². The normalized spacial score (nSPS) is 11.2. The van der Waals surface area contributed by atoms with Crippen LogP contribution in [0.2, 0.25) is 0 Å². The molecule has 0 aliphatic rings. The van der Waals surface area contributed by atoms with Crippen molar-refractivity contribution in [3.05, 3.63) is 47.9 Å². The average molecular weight is 295 g/mol. The van der Waals surface area contributed by atoms with E-state index in [0.717, 1.165) is 0 Å². The van der Waals surface area contributed by atoms with Gasteiger partial charge in [-0.15, -0.1) is 0 Å². The Kier molecular flexibility index (Phi) is 3.89. The minimum atomic E-state index is -3.79. The first-order valence-electron chi connectivity index (χ1n) is 5.86. The first kappa shape index (κ1) is 14.3. The molecule has 0 amide bonds. The van der Waals surface area contributed by atoms with E-state index >= 15 is 0 Å². The summed E-state index contributed by atoms with van der Waals surface area (Å²) in [5, 5.41) is 2.72. The van der Waals surface area contributed by atoms with Crippen molar-refractivity contribution in [2.75, 3.05) is 17.1 Å². The predicted octanol–water partition coefficient (Wildman–Crippen LogP) is 2.37. The molecule has 0 unspecified atom stereocenters. The second-order valence-corrected chi connectivity index (χ2v) is 5.82. The summed E-state index contributed by atoms with van der Waals surface area (Å²) in [6.07, 6.45) is 1.49. The number of benzene rings is 1. The van der Waals surface area contributed by atoms with Crippen molar-refractivity contribution in [3.8, 4) is 0 Å². The average Bonchev–Trinajstić information content (AvgIpc) is 2.42. The maximum Gasteiger partial charge on any atom is 0.265 e. The quantitative estimate of drug-likeness (QED) is 0.908. The van der Waals surface area contributed by atoms with Crippen molar-refractivity contribution in [1.29, 1.82) is 0 Å². The zero-order valence-electron chi connectivity index (χ0n) is 11.0. The first-order chi connectivity index (χ1) is 9.44. The highest BCUT2D eigenvalue weighted by Gasteiger charge is 2.19. The molecule has 2 aromatic rings. The van der Waals surface area contributed by atoms with Gasteiger partial charge in [0.2, 0.25) is 0 Å². The molecule has 0 aliphatic carbocycles. The number of aromatic nitrogens is 1. The van der Waals surface area contributed by atoms with E-state index in [2.05, 4.69) is 15.0 Å². The van der Waals surface area contributed by atoms with Crippen molar-refractivity contribution in [1.82, 2.24) is 4.98 Å². The smallest absolute Gasteiger partial charge is 0.265 e. The lowest BCUT2D eigenvalue weighted by Gasteiger charge is -2.12. The molecule has 0 radical (unpaired) electrons. The molecule has 2 N–H and O–H groups in total. The van der Waals surface area contributed by atoms with E-state index in [1.165, 1.54) is 36.5 Å². The van der Waals surface area contributed by atoms with E-state index in [0.29, 0.717) is 11.3 Å². The van der Waals surface area contributed by atoms with Gasteiger partial charge in [0, 0.05) is 13.2 Å². The zero-order chi connectivity index (χ0) is 14.8. The molecule has 1 aromatic heterocycles. The summed E-state index contributed by atoms with van der Waals surface area (Å²) in [6, 6.07) is 6.83. The van der Waals surface area contributed by atoms with E-state index in [1.54, 1.807) is 14.0 Å². The lowest BCUT2D eigenvalue weighted by molar-refractivity contribution is 0.601. The molecule has 7 heteroatoms. The van der Waals surface area contributed by atoms with Crippen molar-refractivity contribution in [3.63, 3.8) is 0 Å². The van der Waals surface area contributed by atoms with E-state index in [-0.39, 0.29) is 10.7 Å². The second-order valence-electron chi connectivity index (χ2n) is 4.16. The van der Waals surface area contributed by atoms with Crippen molar-refractivity contribution in [2.45, 2.75) is 11.8 Å². The number of aryl methyl sites for hydroxylation is 1. The van der Waals surface area contributed by atoms with Crippen LogP contribution in [0.1, 0.15) is 5.56 Å². The molecular formula is C13H14FN3O2S. The van der Waals surface area contributed by atoms with Crippen LogP contribution < -0.4 is 10.0 Å². The van der Waals surface area contributed by atoms with Gasteiger partial charge in [0.05, 0.1) is 5.69 Å². The van der Waals surface area contributed by atoms with Crippen LogP contribution in [-0.4, -0.2) is 20.4 Å². The van der Waals surface area contributed by atoms with Gasteiger partial charge >= 0.3 is 0 Å². The molecule has 0 fully saturated rings. The van der Waals surface area contributed by atoms with E-state index in [1.807, 2.05) is 0 Å². The number of pyridine rings is 1. The standard InChI is InChI=1S/C13H14FN3O2S/c1-9-8-10(14)5-6-11(9)17-20(18,19)12-4-3-7-16-13(12)15-2/h3-8,17H,1-2H3,(H,15,16). The fourth-order valence-corrected chi connectivity index (χ4v) is 3.03. The highest BCUT2D eigenvalue weighted by Crippen LogP contribution is 2.23. The number of hydrogen-bond donors (Lipinski definition) is 2. The number of sulfonamides is 1. The Morgan fingerprint density at radius 3 is 2.65 bits per heavy atom. The molecule has 0 bridgehead atoms. The monoisotopic (exact) mass is 295 g/mol. The third kappa shape index (κ3) is 2.88. The molecular weight excluding hydrogens is 281 g/mol. The zero-order valence-corrected chi connectivity index (χ0v) is 11.8. The number of nitrogens with one attached hydrogen (secondary N) is 2. The van der Waals surface area contributed by atoms with E-state index in [4.69, 9.17) is 0 Å². The largest absolute Gasteiger partial charge is 0.372 e. The van der Waals surface area contributed by atoms with Crippen LogP contribution in [-0.2, 0) is 10.0 Å². The molecule has 106 valence electrons. The SMILES string of the molecule is CNc1ncccc1S(=O)(=O)Nc1ccc(F)cc1C. The molecule has 2 rings (SSSR count). The lowest BCUT2D eigenvalue weighted by Crippen LogP contribution is -2.16. The van der Waals surface area contributed by atoms with Crippen LogP contribution >= 0.6 is 0 Å². The lowest BCUT2D eigenvalue weighted by atomic mass is 10.2. The van der Waals surface area contributed by atoms with E-state index < -0.39 is 15.8 Å². The Labute approximate surface area is 116 Å². The van der Waals surface area contributed by atoms with Gasteiger partial charge in [0.25, 0.3) is 10.0 Å². The molecule has 20 heavy (non-hydrogen) atoms. The molecule has 0 spiro atoms. The Morgan fingerprint density at radius 1 is 1.25 bits per heavy atom. The van der Waals surface area contributed by atoms with Crippen LogP contribution in [0.4, 0.5) is 15.9 Å². The summed E-state index contributed by atoms with van der Waals surface area (Å²) in [5.41, 5.74) is 0.834. The third-order valence-corrected chi connectivity index (χ3v) is 4.13. The van der Waals surface area contributed by atoms with Crippen LogP contribution in [0.3, 0.4) is 0 Å². The molecule has 1 aromatic carbocycles. The summed E-state index contributed by atoms with van der Waals surface area (Å²) in [6.45, 7) is 1.63. The fraction of sp³-hybridized carbons (Fsp3) is 0.154. The summed E-state index contributed by atoms with van der Waals surface area (Å²) >= 11 is 0. The Hall–Kier alpha value is -2.15. The predicted molar refractivity (Wildman–Crippen MR) is 75.7 cm³/mol. The number of rotatable bonds is 4. The van der Waals surface area contributed by atoms with Crippen molar-refractivity contribution < 1.29 is 12.8 Å². The number of hydrogen-bond acceptors (Lipinski definition) is 4. The Balaban J connectivity index is 2.41. The topological polar surface area (TPSA) is 71.1 Å². The number of nitrogens with zero attached hydrogens (tertiary/aromatic N) is 1. The van der Waals surface area contributed by atoms with Gasteiger partial charge < -0.3 is 5.32 Å². The molecule has 1 heterocycles.